The van der Waals surface area contributed by atoms with Gasteiger partial charge in [0, 0.05) is 40.7 Å². The number of amides is 1. The number of ether oxygens (including phenoxy) is 1. The molecule has 0 bridgehead atoms. The lowest BCUT2D eigenvalue weighted by atomic mass is 9.90. The molecule has 0 aliphatic carbocycles. The molecule has 9 heteroatoms. The number of rotatable bonds is 10. The molecule has 0 fully saturated rings. The standard InChI is InChI=1S/C23H27N5O3S/c1-13(2)7-14(22(30)27-15(11-24)9-16-12-26-23(25)32-16)8-20(29)19-10-17-18(28-19)5-4-6-21(17)31-3/h4-6,10,12-15,28H,7-9H2,1-3H3,(H2,25,26)(H,27,30). The maximum Gasteiger partial charge on any atom is 0.224 e. The van der Waals surface area contributed by atoms with Crippen molar-refractivity contribution < 1.29 is 14.3 Å². The second-order valence-electron chi connectivity index (χ2n) is 8.12. The number of H-pyrrole nitrogens is 1. The summed E-state index contributed by atoms with van der Waals surface area (Å²) < 4.78 is 5.36. The monoisotopic (exact) mass is 453 g/mol. The van der Waals surface area contributed by atoms with E-state index in [1.54, 1.807) is 19.4 Å². The number of thiazole rings is 1. The quantitative estimate of drug-likeness (QED) is 0.401. The molecule has 2 unspecified atom stereocenters. The average molecular weight is 454 g/mol. The van der Waals surface area contributed by atoms with Crippen LogP contribution in [0.15, 0.2) is 30.5 Å². The molecule has 0 saturated heterocycles. The van der Waals surface area contributed by atoms with E-state index in [1.165, 1.54) is 11.3 Å². The Morgan fingerprint density at radius 1 is 1.38 bits per heavy atom. The van der Waals surface area contributed by atoms with Crippen LogP contribution in [0.4, 0.5) is 5.13 Å². The van der Waals surface area contributed by atoms with Gasteiger partial charge in [0.05, 0.1) is 18.9 Å². The lowest BCUT2D eigenvalue weighted by Crippen LogP contribution is -2.40. The largest absolute Gasteiger partial charge is 0.496 e. The van der Waals surface area contributed by atoms with E-state index >= 15 is 0 Å². The van der Waals surface area contributed by atoms with E-state index in [9.17, 15) is 14.9 Å². The summed E-state index contributed by atoms with van der Waals surface area (Å²) in [5, 5.41) is 13.5. The van der Waals surface area contributed by atoms with Crippen molar-refractivity contribution in [2.24, 2.45) is 11.8 Å². The molecular weight excluding hydrogens is 426 g/mol. The predicted molar refractivity (Wildman–Crippen MR) is 125 cm³/mol. The number of aromatic nitrogens is 2. The van der Waals surface area contributed by atoms with E-state index in [0.29, 0.717) is 29.4 Å². The molecule has 3 rings (SSSR count). The second kappa shape index (κ2) is 10.3. The first-order valence-electron chi connectivity index (χ1n) is 10.4. The fourth-order valence-electron chi connectivity index (χ4n) is 3.68. The lowest BCUT2D eigenvalue weighted by Gasteiger charge is -2.20. The molecule has 0 radical (unpaired) electrons. The molecular formula is C23H27N5O3S. The summed E-state index contributed by atoms with van der Waals surface area (Å²) in [6.45, 7) is 4.00. The Labute approximate surface area is 190 Å². The summed E-state index contributed by atoms with van der Waals surface area (Å²) in [6, 6.07) is 8.70. The van der Waals surface area contributed by atoms with Gasteiger partial charge in [-0.3, -0.25) is 9.59 Å². The minimum Gasteiger partial charge on any atom is -0.496 e. The third-order valence-electron chi connectivity index (χ3n) is 5.15. The van der Waals surface area contributed by atoms with Crippen LogP contribution in [0.3, 0.4) is 0 Å². The van der Waals surface area contributed by atoms with Gasteiger partial charge in [0.25, 0.3) is 0 Å². The van der Waals surface area contributed by atoms with Crippen LogP contribution in [0.5, 0.6) is 5.75 Å². The number of hydrogen-bond donors (Lipinski definition) is 3. The smallest absolute Gasteiger partial charge is 0.224 e. The maximum atomic E-state index is 13.0. The van der Waals surface area contributed by atoms with E-state index in [1.807, 2.05) is 32.0 Å². The molecule has 4 N–H and O–H groups in total. The Hall–Kier alpha value is -3.38. The molecule has 2 atom stereocenters. The zero-order valence-corrected chi connectivity index (χ0v) is 19.2. The topological polar surface area (TPSA) is 134 Å². The number of nitrogens with one attached hydrogen (secondary N) is 2. The van der Waals surface area contributed by atoms with Crippen LogP contribution in [-0.4, -0.2) is 34.8 Å². The molecule has 2 aromatic heterocycles. The first-order chi connectivity index (χ1) is 15.3. The number of fused-ring (bicyclic) bond motifs is 1. The van der Waals surface area contributed by atoms with E-state index < -0.39 is 12.0 Å². The van der Waals surface area contributed by atoms with Gasteiger partial charge in [0.1, 0.15) is 11.8 Å². The molecule has 0 aliphatic rings. The number of methoxy groups -OCH3 is 1. The van der Waals surface area contributed by atoms with Gasteiger partial charge in [-0.05, 0) is 30.5 Å². The summed E-state index contributed by atoms with van der Waals surface area (Å²) in [5.41, 5.74) is 6.88. The van der Waals surface area contributed by atoms with Crippen LogP contribution in [0.2, 0.25) is 0 Å². The molecule has 3 aromatic rings. The molecule has 2 heterocycles. The Morgan fingerprint density at radius 2 is 2.16 bits per heavy atom. The van der Waals surface area contributed by atoms with Crippen LogP contribution >= 0.6 is 11.3 Å². The Balaban J connectivity index is 1.73. The van der Waals surface area contributed by atoms with Crippen molar-refractivity contribution in [3.05, 3.63) is 41.0 Å². The number of hydrogen-bond acceptors (Lipinski definition) is 7. The minimum atomic E-state index is -0.718. The van der Waals surface area contributed by atoms with E-state index in [-0.39, 0.29) is 24.0 Å². The first-order valence-corrected chi connectivity index (χ1v) is 11.2. The van der Waals surface area contributed by atoms with Gasteiger partial charge in [0.2, 0.25) is 5.91 Å². The van der Waals surface area contributed by atoms with Gasteiger partial charge in [0.15, 0.2) is 10.9 Å². The highest BCUT2D eigenvalue weighted by Crippen LogP contribution is 2.27. The third kappa shape index (κ3) is 5.65. The minimum absolute atomic E-state index is 0.0464. The van der Waals surface area contributed by atoms with Gasteiger partial charge in [-0.25, -0.2) is 4.98 Å². The number of nitrogen functional groups attached to an aromatic ring is 1. The van der Waals surface area contributed by atoms with Gasteiger partial charge >= 0.3 is 0 Å². The first kappa shape index (κ1) is 23.3. The zero-order chi connectivity index (χ0) is 23.3. The number of benzene rings is 1. The molecule has 1 amide bonds. The second-order valence-corrected chi connectivity index (χ2v) is 9.26. The number of ketones is 1. The lowest BCUT2D eigenvalue weighted by molar-refractivity contribution is -0.125. The Kier molecular flexibility index (Phi) is 7.49. The van der Waals surface area contributed by atoms with Crippen LogP contribution < -0.4 is 15.8 Å². The molecule has 0 aliphatic heterocycles. The van der Waals surface area contributed by atoms with Gasteiger partial charge < -0.3 is 20.8 Å². The number of aromatic amines is 1. The number of nitriles is 1. The molecule has 1 aromatic carbocycles. The fraction of sp³-hybridized carbons (Fsp3) is 0.391. The predicted octanol–water partition coefficient (Wildman–Crippen LogP) is 3.70. The normalized spacial score (nSPS) is 13.0. The van der Waals surface area contributed by atoms with Gasteiger partial charge in [-0.2, -0.15) is 5.26 Å². The van der Waals surface area contributed by atoms with Crippen molar-refractivity contribution in [2.75, 3.05) is 12.8 Å². The number of Topliss-reactive ketones (excluding diaryl/α,β-unsaturated/α-hetero) is 1. The molecule has 32 heavy (non-hydrogen) atoms. The third-order valence-corrected chi connectivity index (χ3v) is 6.00. The Bertz CT molecular complexity index is 1140. The van der Waals surface area contributed by atoms with Crippen LogP contribution in [0.1, 0.15) is 42.1 Å². The highest BCUT2D eigenvalue weighted by atomic mass is 32.1. The van der Waals surface area contributed by atoms with E-state index in [2.05, 4.69) is 21.4 Å². The number of carbonyl (C=O) groups is 2. The Morgan fingerprint density at radius 3 is 2.78 bits per heavy atom. The van der Waals surface area contributed by atoms with Gasteiger partial charge in [-0.1, -0.05) is 19.9 Å². The van der Waals surface area contributed by atoms with Gasteiger partial charge in [-0.15, -0.1) is 11.3 Å². The van der Waals surface area contributed by atoms with Crippen molar-refractivity contribution in [3.8, 4) is 11.8 Å². The summed E-state index contributed by atoms with van der Waals surface area (Å²) >= 11 is 1.29. The number of nitrogens with two attached hydrogens (primary N) is 1. The van der Waals surface area contributed by atoms with Crippen LogP contribution in [0.25, 0.3) is 10.9 Å². The van der Waals surface area contributed by atoms with Crippen molar-refractivity contribution in [1.82, 2.24) is 15.3 Å². The van der Waals surface area contributed by atoms with Crippen LogP contribution in [0, 0.1) is 23.2 Å². The fourth-order valence-corrected chi connectivity index (χ4v) is 4.41. The van der Waals surface area contributed by atoms with E-state index in [4.69, 9.17) is 10.5 Å². The molecule has 168 valence electrons. The van der Waals surface area contributed by atoms with Crippen molar-refractivity contribution in [3.63, 3.8) is 0 Å². The number of nitrogens with zero attached hydrogens (tertiary/aromatic N) is 2. The number of anilines is 1. The molecule has 0 saturated carbocycles. The zero-order valence-electron chi connectivity index (χ0n) is 18.3. The summed E-state index contributed by atoms with van der Waals surface area (Å²) in [4.78, 5) is 33.9. The van der Waals surface area contributed by atoms with Crippen LogP contribution in [-0.2, 0) is 11.2 Å². The highest BCUT2D eigenvalue weighted by molar-refractivity contribution is 7.15. The van der Waals surface area contributed by atoms with Crippen molar-refractivity contribution >= 4 is 39.1 Å². The summed E-state index contributed by atoms with van der Waals surface area (Å²) in [7, 11) is 1.58. The molecule has 0 spiro atoms. The van der Waals surface area contributed by atoms with Crippen molar-refractivity contribution in [1.29, 1.82) is 5.26 Å². The average Bonchev–Trinajstić information content (AvgIpc) is 3.38. The summed E-state index contributed by atoms with van der Waals surface area (Å²) in [5.74, 6) is -0.117. The SMILES string of the molecule is COc1cccc2[nH]c(C(=O)CC(CC(C)C)C(=O)NC(C#N)Cc3cnc(N)s3)cc12. The number of carbonyl (C=O) groups excluding carboxylic acids is 2. The summed E-state index contributed by atoms with van der Waals surface area (Å²) in [6.07, 6.45) is 2.51. The molecule has 8 nitrogen and oxygen atoms in total. The highest BCUT2D eigenvalue weighted by Gasteiger charge is 2.26. The maximum absolute atomic E-state index is 13.0. The van der Waals surface area contributed by atoms with E-state index in [0.717, 1.165) is 15.8 Å². The van der Waals surface area contributed by atoms with Crippen molar-refractivity contribution in [2.45, 2.75) is 39.2 Å².